The van der Waals surface area contributed by atoms with Crippen molar-refractivity contribution in [3.63, 3.8) is 0 Å². The molecule has 0 spiro atoms. The van der Waals surface area contributed by atoms with Gasteiger partial charge in [-0.15, -0.1) is 0 Å². The van der Waals surface area contributed by atoms with Crippen LogP contribution in [0.3, 0.4) is 0 Å². The lowest BCUT2D eigenvalue weighted by atomic mass is 9.74. The zero-order valence-corrected chi connectivity index (χ0v) is 10.8. The number of benzene rings is 1. The summed E-state index contributed by atoms with van der Waals surface area (Å²) in [6.07, 6.45) is 6.04. The maximum absolute atomic E-state index is 12.0. The lowest BCUT2D eigenvalue weighted by molar-refractivity contribution is 0.0914. The molecule has 0 radical (unpaired) electrons. The summed E-state index contributed by atoms with van der Waals surface area (Å²) < 4.78 is 0. The normalized spacial score (nSPS) is 18.3. The van der Waals surface area contributed by atoms with Gasteiger partial charge >= 0.3 is 0 Å². The van der Waals surface area contributed by atoms with Crippen LogP contribution >= 0.6 is 0 Å². The van der Waals surface area contributed by atoms with Gasteiger partial charge < -0.3 is 11.1 Å². The van der Waals surface area contributed by atoms with E-state index in [9.17, 15) is 4.79 Å². The Morgan fingerprint density at radius 3 is 2.44 bits per heavy atom. The van der Waals surface area contributed by atoms with Crippen molar-refractivity contribution in [3.05, 3.63) is 35.9 Å². The van der Waals surface area contributed by atoms with Crippen LogP contribution in [0.5, 0.6) is 0 Å². The van der Waals surface area contributed by atoms with Crippen LogP contribution in [0.1, 0.15) is 42.5 Å². The van der Waals surface area contributed by atoms with Gasteiger partial charge in [0, 0.05) is 12.1 Å². The van der Waals surface area contributed by atoms with E-state index >= 15 is 0 Å². The van der Waals surface area contributed by atoms with Gasteiger partial charge in [-0.05, 0) is 36.9 Å². The lowest BCUT2D eigenvalue weighted by Crippen LogP contribution is -2.43. The second kappa shape index (κ2) is 6.01. The predicted octanol–water partition coefficient (Wildman–Crippen LogP) is 2.33. The topological polar surface area (TPSA) is 55.1 Å². The van der Waals surface area contributed by atoms with Crippen LogP contribution in [0.4, 0.5) is 0 Å². The van der Waals surface area contributed by atoms with Crippen LogP contribution < -0.4 is 11.1 Å². The maximum atomic E-state index is 12.0. The summed E-state index contributed by atoms with van der Waals surface area (Å²) in [6.45, 7) is 1.37. The molecule has 1 aliphatic rings. The van der Waals surface area contributed by atoms with E-state index in [2.05, 4.69) is 5.32 Å². The van der Waals surface area contributed by atoms with Crippen LogP contribution in [-0.4, -0.2) is 19.0 Å². The minimum atomic E-state index is 0.00833. The summed E-state index contributed by atoms with van der Waals surface area (Å²) in [5.74, 6) is 0.00833. The van der Waals surface area contributed by atoms with Gasteiger partial charge in [-0.25, -0.2) is 0 Å². The number of hydrogen-bond acceptors (Lipinski definition) is 2. The average Bonchev–Trinajstić information content (AvgIpc) is 2.47. The Balaban J connectivity index is 1.92. The molecule has 0 heterocycles. The molecule has 1 fully saturated rings. The van der Waals surface area contributed by atoms with Crippen LogP contribution in [0.15, 0.2) is 30.3 Å². The molecule has 0 bridgehead atoms. The van der Waals surface area contributed by atoms with Gasteiger partial charge in [0.2, 0.25) is 0 Å². The highest BCUT2D eigenvalue weighted by atomic mass is 16.1. The highest BCUT2D eigenvalue weighted by Gasteiger charge is 2.30. The van der Waals surface area contributed by atoms with E-state index in [0.29, 0.717) is 13.1 Å². The number of carbonyl (C=O) groups is 1. The Bertz CT molecular complexity index is 383. The highest BCUT2D eigenvalue weighted by Crippen LogP contribution is 2.34. The third-order valence-electron chi connectivity index (χ3n) is 4.01. The Morgan fingerprint density at radius 2 is 1.83 bits per heavy atom. The summed E-state index contributed by atoms with van der Waals surface area (Å²) in [6, 6.07) is 9.36. The monoisotopic (exact) mass is 246 g/mol. The summed E-state index contributed by atoms with van der Waals surface area (Å²) in [5, 5.41) is 3.04. The molecule has 0 aliphatic heterocycles. The molecule has 3 N–H and O–H groups in total. The molecular formula is C15H22N2O. The van der Waals surface area contributed by atoms with Crippen molar-refractivity contribution in [2.45, 2.75) is 32.1 Å². The summed E-state index contributed by atoms with van der Waals surface area (Å²) in [4.78, 5) is 12.0. The zero-order chi connectivity index (χ0) is 12.8. The molecule has 1 amide bonds. The van der Waals surface area contributed by atoms with E-state index in [1.165, 1.54) is 19.3 Å². The molecule has 98 valence electrons. The molecular weight excluding hydrogens is 224 g/mol. The van der Waals surface area contributed by atoms with E-state index in [0.717, 1.165) is 18.4 Å². The summed E-state index contributed by atoms with van der Waals surface area (Å²) in [5.41, 5.74) is 6.76. The number of nitrogens with one attached hydrogen (secondary N) is 1. The van der Waals surface area contributed by atoms with E-state index in [-0.39, 0.29) is 11.3 Å². The Hall–Kier alpha value is -1.35. The molecule has 0 aromatic heterocycles. The Morgan fingerprint density at radius 1 is 1.17 bits per heavy atom. The lowest BCUT2D eigenvalue weighted by Gasteiger charge is -2.36. The first-order chi connectivity index (χ1) is 8.76. The first-order valence-electron chi connectivity index (χ1n) is 6.79. The molecule has 0 atom stereocenters. The van der Waals surface area contributed by atoms with Crippen LogP contribution in [-0.2, 0) is 0 Å². The first kappa shape index (κ1) is 13.1. The van der Waals surface area contributed by atoms with Crippen molar-refractivity contribution < 1.29 is 4.79 Å². The molecule has 1 aromatic rings. The van der Waals surface area contributed by atoms with Crippen molar-refractivity contribution in [2.75, 3.05) is 13.1 Å². The van der Waals surface area contributed by atoms with Gasteiger partial charge in [0.1, 0.15) is 0 Å². The second-order valence-electron chi connectivity index (χ2n) is 5.31. The molecule has 2 rings (SSSR count). The molecule has 18 heavy (non-hydrogen) atoms. The van der Waals surface area contributed by atoms with E-state index in [1.807, 2.05) is 30.3 Å². The van der Waals surface area contributed by atoms with Crippen molar-refractivity contribution in [3.8, 4) is 0 Å². The van der Waals surface area contributed by atoms with Crippen LogP contribution in [0, 0.1) is 5.41 Å². The van der Waals surface area contributed by atoms with Gasteiger partial charge in [0.25, 0.3) is 5.91 Å². The van der Waals surface area contributed by atoms with Crippen molar-refractivity contribution >= 4 is 5.91 Å². The fourth-order valence-corrected chi connectivity index (χ4v) is 2.71. The predicted molar refractivity (Wildman–Crippen MR) is 73.3 cm³/mol. The minimum absolute atomic E-state index is 0.00833. The van der Waals surface area contributed by atoms with E-state index < -0.39 is 0 Å². The Kier molecular flexibility index (Phi) is 4.37. The molecule has 1 saturated carbocycles. The number of nitrogens with two attached hydrogens (primary N) is 1. The fourth-order valence-electron chi connectivity index (χ4n) is 2.71. The number of hydrogen-bond donors (Lipinski definition) is 2. The number of rotatable bonds is 4. The molecule has 0 saturated heterocycles. The van der Waals surface area contributed by atoms with Crippen LogP contribution in [0.2, 0.25) is 0 Å². The molecule has 1 aromatic carbocycles. The minimum Gasteiger partial charge on any atom is -0.351 e. The molecule has 1 aliphatic carbocycles. The first-order valence-corrected chi connectivity index (χ1v) is 6.79. The highest BCUT2D eigenvalue weighted by molar-refractivity contribution is 5.94. The van der Waals surface area contributed by atoms with Gasteiger partial charge in [0.15, 0.2) is 0 Å². The summed E-state index contributed by atoms with van der Waals surface area (Å²) in [7, 11) is 0. The van der Waals surface area contributed by atoms with Crippen LogP contribution in [0.25, 0.3) is 0 Å². The maximum Gasteiger partial charge on any atom is 0.251 e. The largest absolute Gasteiger partial charge is 0.351 e. The third-order valence-corrected chi connectivity index (χ3v) is 4.01. The second-order valence-corrected chi connectivity index (χ2v) is 5.31. The van der Waals surface area contributed by atoms with E-state index in [1.54, 1.807) is 0 Å². The zero-order valence-electron chi connectivity index (χ0n) is 10.8. The molecule has 0 unspecified atom stereocenters. The van der Waals surface area contributed by atoms with E-state index in [4.69, 9.17) is 5.73 Å². The van der Waals surface area contributed by atoms with Crippen molar-refractivity contribution in [1.29, 1.82) is 0 Å². The molecule has 3 nitrogen and oxygen atoms in total. The number of amides is 1. The third kappa shape index (κ3) is 3.10. The quantitative estimate of drug-likeness (QED) is 0.856. The SMILES string of the molecule is NCC1(CNC(=O)c2ccccc2)CCCCC1. The standard InChI is InChI=1S/C15H22N2O/c16-11-15(9-5-2-6-10-15)12-17-14(18)13-7-3-1-4-8-13/h1,3-4,7-8H,2,5-6,9-12,16H2,(H,17,18). The van der Waals surface area contributed by atoms with Gasteiger partial charge in [-0.2, -0.15) is 0 Å². The Labute approximate surface area is 109 Å². The fraction of sp³-hybridized carbons (Fsp3) is 0.533. The van der Waals surface area contributed by atoms with Gasteiger partial charge in [0.05, 0.1) is 0 Å². The van der Waals surface area contributed by atoms with Gasteiger partial charge in [-0.1, -0.05) is 37.5 Å². The van der Waals surface area contributed by atoms with Crippen molar-refractivity contribution in [2.24, 2.45) is 11.1 Å². The van der Waals surface area contributed by atoms with Crippen molar-refractivity contribution in [1.82, 2.24) is 5.32 Å². The molecule has 3 heteroatoms. The number of carbonyl (C=O) groups excluding carboxylic acids is 1. The average molecular weight is 246 g/mol. The summed E-state index contributed by atoms with van der Waals surface area (Å²) >= 11 is 0. The van der Waals surface area contributed by atoms with Gasteiger partial charge in [-0.3, -0.25) is 4.79 Å². The smallest absolute Gasteiger partial charge is 0.251 e.